The number of benzene rings is 1. The van der Waals surface area contributed by atoms with E-state index in [0.29, 0.717) is 11.3 Å². The maximum atomic E-state index is 12.3. The van der Waals surface area contributed by atoms with Crippen molar-refractivity contribution in [3.63, 3.8) is 0 Å². The summed E-state index contributed by atoms with van der Waals surface area (Å²) in [5, 5.41) is 18.7. The van der Waals surface area contributed by atoms with E-state index in [0.717, 1.165) is 0 Å². The number of anilines is 1. The Morgan fingerprint density at radius 1 is 1.17 bits per heavy atom. The summed E-state index contributed by atoms with van der Waals surface area (Å²) in [6.07, 6.45) is -3.37. The standard InChI is InChI=1S/C12H18F2N2O2/c13-12(14)8-16(5-6-17)7-11(18)9-1-3-10(15)4-2-9/h1-4,11-12,17-18H,5-8,15H2. The van der Waals surface area contributed by atoms with Gasteiger partial charge in [-0.15, -0.1) is 0 Å². The van der Waals surface area contributed by atoms with Crippen LogP contribution in [-0.2, 0) is 0 Å². The molecule has 4 nitrogen and oxygen atoms in total. The summed E-state index contributed by atoms with van der Waals surface area (Å²) in [5.74, 6) is 0. The summed E-state index contributed by atoms with van der Waals surface area (Å²) in [7, 11) is 0. The van der Waals surface area contributed by atoms with Crippen molar-refractivity contribution in [2.45, 2.75) is 12.5 Å². The van der Waals surface area contributed by atoms with E-state index in [1.165, 1.54) is 4.90 Å². The molecule has 0 heterocycles. The van der Waals surface area contributed by atoms with Gasteiger partial charge in [0.2, 0.25) is 0 Å². The van der Waals surface area contributed by atoms with Gasteiger partial charge in [-0.3, -0.25) is 4.90 Å². The number of halogens is 2. The number of nitrogens with two attached hydrogens (primary N) is 1. The Bertz CT molecular complexity index is 346. The highest BCUT2D eigenvalue weighted by Crippen LogP contribution is 2.16. The SMILES string of the molecule is Nc1ccc(C(O)CN(CCO)CC(F)F)cc1. The molecule has 0 aliphatic carbocycles. The highest BCUT2D eigenvalue weighted by molar-refractivity contribution is 5.39. The third-order valence-corrected chi connectivity index (χ3v) is 2.56. The van der Waals surface area contributed by atoms with Gasteiger partial charge in [0.15, 0.2) is 0 Å². The van der Waals surface area contributed by atoms with Crippen LogP contribution < -0.4 is 5.73 Å². The average Bonchev–Trinajstić information content (AvgIpc) is 2.29. The molecule has 1 rings (SSSR count). The number of rotatable bonds is 7. The Kier molecular flexibility index (Phi) is 5.97. The van der Waals surface area contributed by atoms with Gasteiger partial charge in [0.1, 0.15) is 0 Å². The lowest BCUT2D eigenvalue weighted by molar-refractivity contribution is 0.0461. The molecule has 6 heteroatoms. The van der Waals surface area contributed by atoms with Gasteiger partial charge < -0.3 is 15.9 Å². The highest BCUT2D eigenvalue weighted by atomic mass is 19.3. The second-order valence-electron chi connectivity index (χ2n) is 4.06. The minimum Gasteiger partial charge on any atom is -0.399 e. The number of aliphatic hydroxyl groups is 2. The third kappa shape index (κ3) is 4.95. The number of aliphatic hydroxyl groups excluding tert-OH is 2. The van der Waals surface area contributed by atoms with Gasteiger partial charge in [0.25, 0.3) is 6.43 Å². The Hall–Kier alpha value is -1.24. The number of hydrogen-bond acceptors (Lipinski definition) is 4. The van der Waals surface area contributed by atoms with Gasteiger partial charge in [0.05, 0.1) is 19.3 Å². The Morgan fingerprint density at radius 2 is 1.78 bits per heavy atom. The van der Waals surface area contributed by atoms with Crippen molar-refractivity contribution in [2.24, 2.45) is 0 Å². The van der Waals surface area contributed by atoms with Crippen molar-refractivity contribution in [3.8, 4) is 0 Å². The van der Waals surface area contributed by atoms with Crippen LogP contribution in [0.2, 0.25) is 0 Å². The molecule has 0 saturated heterocycles. The van der Waals surface area contributed by atoms with Crippen molar-refractivity contribution in [1.82, 2.24) is 4.90 Å². The third-order valence-electron chi connectivity index (χ3n) is 2.56. The lowest BCUT2D eigenvalue weighted by Gasteiger charge is -2.24. The molecule has 4 N–H and O–H groups in total. The van der Waals surface area contributed by atoms with E-state index in [2.05, 4.69) is 0 Å². The monoisotopic (exact) mass is 260 g/mol. The minimum absolute atomic E-state index is 0.0504. The quantitative estimate of drug-likeness (QED) is 0.636. The topological polar surface area (TPSA) is 69.7 Å². The predicted molar refractivity (Wildman–Crippen MR) is 65.3 cm³/mol. The summed E-state index contributed by atoms with van der Waals surface area (Å²) < 4.78 is 24.6. The lowest BCUT2D eigenvalue weighted by Crippen LogP contribution is -2.35. The van der Waals surface area contributed by atoms with Crippen LogP contribution in [0.15, 0.2) is 24.3 Å². The second-order valence-corrected chi connectivity index (χ2v) is 4.06. The van der Waals surface area contributed by atoms with Gasteiger partial charge in [-0.1, -0.05) is 12.1 Å². The maximum Gasteiger partial charge on any atom is 0.251 e. The van der Waals surface area contributed by atoms with E-state index >= 15 is 0 Å². The Morgan fingerprint density at radius 3 is 2.28 bits per heavy atom. The number of nitrogens with zero attached hydrogens (tertiary/aromatic N) is 1. The van der Waals surface area contributed by atoms with Crippen LogP contribution in [0.3, 0.4) is 0 Å². The molecule has 0 fully saturated rings. The average molecular weight is 260 g/mol. The molecular formula is C12H18F2N2O2. The normalized spacial score (nSPS) is 13.2. The molecule has 1 aromatic rings. The Balaban J connectivity index is 2.59. The molecule has 1 unspecified atom stereocenters. The summed E-state index contributed by atoms with van der Waals surface area (Å²) in [5.41, 5.74) is 6.70. The lowest BCUT2D eigenvalue weighted by atomic mass is 10.1. The van der Waals surface area contributed by atoms with Crippen molar-refractivity contribution >= 4 is 5.69 Å². The summed E-state index contributed by atoms with van der Waals surface area (Å²) >= 11 is 0. The van der Waals surface area contributed by atoms with Crippen molar-refractivity contribution < 1.29 is 19.0 Å². The molecule has 0 saturated carbocycles. The molecule has 0 amide bonds. The molecule has 102 valence electrons. The zero-order valence-corrected chi connectivity index (χ0v) is 9.97. The molecule has 0 aromatic heterocycles. The van der Waals surface area contributed by atoms with E-state index in [1.807, 2.05) is 0 Å². The maximum absolute atomic E-state index is 12.3. The molecule has 1 atom stereocenters. The fourth-order valence-electron chi connectivity index (χ4n) is 1.66. The smallest absolute Gasteiger partial charge is 0.251 e. The van der Waals surface area contributed by atoms with Crippen molar-refractivity contribution in [1.29, 1.82) is 0 Å². The highest BCUT2D eigenvalue weighted by Gasteiger charge is 2.16. The van der Waals surface area contributed by atoms with Crippen molar-refractivity contribution in [2.75, 3.05) is 32.0 Å². The van der Waals surface area contributed by atoms with Gasteiger partial charge in [-0.25, -0.2) is 8.78 Å². The molecule has 0 spiro atoms. The number of nitrogen functional groups attached to an aromatic ring is 1. The number of hydrogen-bond donors (Lipinski definition) is 3. The fraction of sp³-hybridized carbons (Fsp3) is 0.500. The predicted octanol–water partition coefficient (Wildman–Crippen LogP) is 0.862. The van der Waals surface area contributed by atoms with Gasteiger partial charge in [-0.2, -0.15) is 0 Å². The molecular weight excluding hydrogens is 242 g/mol. The van der Waals surface area contributed by atoms with Crippen LogP contribution in [0.4, 0.5) is 14.5 Å². The molecule has 1 aromatic carbocycles. The van der Waals surface area contributed by atoms with Crippen LogP contribution in [0.1, 0.15) is 11.7 Å². The van der Waals surface area contributed by atoms with Gasteiger partial charge in [0, 0.05) is 18.8 Å². The summed E-state index contributed by atoms with van der Waals surface area (Å²) in [6.45, 7) is -0.529. The first kappa shape index (κ1) is 14.8. The van der Waals surface area contributed by atoms with E-state index in [-0.39, 0.29) is 19.7 Å². The molecule has 0 aliphatic heterocycles. The minimum atomic E-state index is -2.49. The van der Waals surface area contributed by atoms with Crippen LogP contribution in [-0.4, -0.2) is 47.8 Å². The first-order valence-corrected chi connectivity index (χ1v) is 5.67. The zero-order valence-electron chi connectivity index (χ0n) is 9.97. The zero-order chi connectivity index (χ0) is 13.5. The number of alkyl halides is 2. The largest absolute Gasteiger partial charge is 0.399 e. The van der Waals surface area contributed by atoms with Crippen LogP contribution in [0.25, 0.3) is 0 Å². The van der Waals surface area contributed by atoms with E-state index < -0.39 is 19.1 Å². The van der Waals surface area contributed by atoms with Gasteiger partial charge >= 0.3 is 0 Å². The van der Waals surface area contributed by atoms with Gasteiger partial charge in [-0.05, 0) is 17.7 Å². The van der Waals surface area contributed by atoms with Crippen molar-refractivity contribution in [3.05, 3.63) is 29.8 Å². The first-order chi connectivity index (χ1) is 8.52. The summed E-state index contributed by atoms with van der Waals surface area (Å²) in [4.78, 5) is 1.33. The summed E-state index contributed by atoms with van der Waals surface area (Å²) in [6, 6.07) is 6.59. The fourth-order valence-corrected chi connectivity index (χ4v) is 1.66. The Labute approximate surface area is 105 Å². The molecule has 0 aliphatic rings. The van der Waals surface area contributed by atoms with Crippen LogP contribution >= 0.6 is 0 Å². The van der Waals surface area contributed by atoms with Crippen LogP contribution in [0.5, 0.6) is 0 Å². The molecule has 0 radical (unpaired) electrons. The van der Waals surface area contributed by atoms with E-state index in [9.17, 15) is 13.9 Å². The van der Waals surface area contributed by atoms with E-state index in [1.54, 1.807) is 24.3 Å². The molecule has 18 heavy (non-hydrogen) atoms. The first-order valence-electron chi connectivity index (χ1n) is 5.67. The molecule has 0 bridgehead atoms. The van der Waals surface area contributed by atoms with Crippen LogP contribution in [0, 0.1) is 0 Å². The second kappa shape index (κ2) is 7.25. The van der Waals surface area contributed by atoms with E-state index in [4.69, 9.17) is 10.8 Å².